The van der Waals surface area contributed by atoms with Gasteiger partial charge < -0.3 is 30.1 Å². The number of carbonyl (C=O) groups excluding carboxylic acids is 1. The highest BCUT2D eigenvalue weighted by molar-refractivity contribution is 6.31. The molecule has 3 rings (SSSR count). The van der Waals surface area contributed by atoms with E-state index < -0.39 is 36.4 Å². The number of nitrogens with one attached hydrogen (secondary N) is 1. The number of aliphatic hydroxyl groups is 3. The maximum atomic E-state index is 12.0. The standard InChI is InChI=1S/C21H24ClNO6/c1-23-21(27)20-18(26)16(24)17(25)19(29-20)12-5-8-15(22)13(10-12)9-11-3-6-14(28-2)7-4-11/h3-8,10,16-20,24-26H,9H2,1-2H3,(H,23,27). The minimum absolute atomic E-state index is 0.531. The third-order valence-corrected chi connectivity index (χ3v) is 5.44. The first-order valence-corrected chi connectivity index (χ1v) is 9.56. The van der Waals surface area contributed by atoms with Gasteiger partial charge in [-0.3, -0.25) is 4.79 Å². The highest BCUT2D eigenvalue weighted by atomic mass is 35.5. The summed E-state index contributed by atoms with van der Waals surface area (Å²) in [6.45, 7) is 0. The number of carbonyl (C=O) groups is 1. The number of halogens is 1. The van der Waals surface area contributed by atoms with Gasteiger partial charge in [-0.15, -0.1) is 0 Å². The van der Waals surface area contributed by atoms with E-state index in [0.29, 0.717) is 17.0 Å². The number of hydrogen-bond donors (Lipinski definition) is 4. The molecule has 7 nitrogen and oxygen atoms in total. The molecule has 0 saturated carbocycles. The molecular formula is C21H24ClNO6. The second kappa shape index (κ2) is 9.11. The number of ether oxygens (including phenoxy) is 2. The van der Waals surface area contributed by atoms with Crippen LogP contribution in [0, 0.1) is 0 Å². The van der Waals surface area contributed by atoms with Crippen LogP contribution in [0.2, 0.25) is 5.02 Å². The monoisotopic (exact) mass is 421 g/mol. The summed E-state index contributed by atoms with van der Waals surface area (Å²) in [6, 6.07) is 12.7. The summed E-state index contributed by atoms with van der Waals surface area (Å²) in [6.07, 6.45) is -6.24. The van der Waals surface area contributed by atoms with E-state index in [0.717, 1.165) is 16.9 Å². The number of amides is 1. The third-order valence-electron chi connectivity index (χ3n) is 5.07. The topological polar surface area (TPSA) is 108 Å². The molecule has 1 amide bonds. The number of likely N-dealkylation sites (N-methyl/N-ethyl adjacent to an activating group) is 1. The maximum absolute atomic E-state index is 12.0. The van der Waals surface area contributed by atoms with E-state index >= 15 is 0 Å². The molecule has 0 aliphatic carbocycles. The molecule has 1 fully saturated rings. The molecule has 1 aliphatic heterocycles. The SMILES string of the molecule is CNC(=O)C1OC(c2ccc(Cl)c(Cc3ccc(OC)cc3)c2)C(O)C(O)C1O. The highest BCUT2D eigenvalue weighted by Gasteiger charge is 2.47. The molecule has 0 bridgehead atoms. The summed E-state index contributed by atoms with van der Waals surface area (Å²) in [7, 11) is 3.00. The molecule has 156 valence electrons. The summed E-state index contributed by atoms with van der Waals surface area (Å²) >= 11 is 6.35. The maximum Gasteiger partial charge on any atom is 0.251 e. The van der Waals surface area contributed by atoms with Crippen molar-refractivity contribution in [2.45, 2.75) is 36.9 Å². The van der Waals surface area contributed by atoms with Crippen LogP contribution in [-0.4, -0.2) is 59.8 Å². The first kappa shape index (κ1) is 21.5. The molecule has 1 aliphatic rings. The van der Waals surface area contributed by atoms with Gasteiger partial charge in [-0.05, 0) is 41.3 Å². The van der Waals surface area contributed by atoms with Crippen LogP contribution in [0.1, 0.15) is 22.8 Å². The van der Waals surface area contributed by atoms with Crippen LogP contribution < -0.4 is 10.1 Å². The summed E-state index contributed by atoms with van der Waals surface area (Å²) < 4.78 is 10.8. The zero-order valence-corrected chi connectivity index (χ0v) is 16.8. The summed E-state index contributed by atoms with van der Waals surface area (Å²) in [5.41, 5.74) is 2.35. The van der Waals surface area contributed by atoms with Crippen molar-refractivity contribution in [3.05, 3.63) is 64.2 Å². The molecule has 2 aromatic carbocycles. The van der Waals surface area contributed by atoms with Crippen LogP contribution in [-0.2, 0) is 16.0 Å². The molecule has 8 heteroatoms. The van der Waals surface area contributed by atoms with Gasteiger partial charge in [0.1, 0.15) is 30.2 Å². The molecule has 29 heavy (non-hydrogen) atoms. The van der Waals surface area contributed by atoms with E-state index in [9.17, 15) is 20.1 Å². The summed E-state index contributed by atoms with van der Waals surface area (Å²) in [5.74, 6) is 0.168. The number of benzene rings is 2. The second-order valence-electron chi connectivity index (χ2n) is 6.94. The van der Waals surface area contributed by atoms with E-state index in [-0.39, 0.29) is 0 Å². The van der Waals surface area contributed by atoms with Crippen molar-refractivity contribution in [1.29, 1.82) is 0 Å². The van der Waals surface area contributed by atoms with E-state index in [1.54, 1.807) is 25.3 Å². The zero-order chi connectivity index (χ0) is 21.1. The summed E-state index contributed by atoms with van der Waals surface area (Å²) in [5, 5.41) is 33.6. The lowest BCUT2D eigenvalue weighted by molar-refractivity contribution is -0.222. The molecule has 5 unspecified atom stereocenters. The lowest BCUT2D eigenvalue weighted by Gasteiger charge is -2.40. The Kier molecular flexibility index (Phi) is 6.77. The predicted molar refractivity (Wildman–Crippen MR) is 107 cm³/mol. The van der Waals surface area contributed by atoms with Crippen molar-refractivity contribution in [2.75, 3.05) is 14.2 Å². The quantitative estimate of drug-likeness (QED) is 0.578. The van der Waals surface area contributed by atoms with Crippen molar-refractivity contribution in [3.63, 3.8) is 0 Å². The Morgan fingerprint density at radius 3 is 2.41 bits per heavy atom. The van der Waals surface area contributed by atoms with Gasteiger partial charge in [0.05, 0.1) is 7.11 Å². The molecule has 1 heterocycles. The minimum atomic E-state index is -1.53. The summed E-state index contributed by atoms with van der Waals surface area (Å²) in [4.78, 5) is 12.0. The van der Waals surface area contributed by atoms with Crippen LogP contribution in [0.3, 0.4) is 0 Å². The van der Waals surface area contributed by atoms with Gasteiger partial charge in [0.15, 0.2) is 6.10 Å². The molecule has 1 saturated heterocycles. The molecule has 0 aromatic heterocycles. The van der Waals surface area contributed by atoms with Crippen molar-refractivity contribution in [2.24, 2.45) is 0 Å². The lowest BCUT2D eigenvalue weighted by Crippen LogP contribution is -2.58. The van der Waals surface area contributed by atoms with E-state index in [2.05, 4.69) is 5.32 Å². The fraction of sp³-hybridized carbons (Fsp3) is 0.381. The third kappa shape index (κ3) is 4.55. The number of methoxy groups -OCH3 is 1. The molecule has 4 N–H and O–H groups in total. The second-order valence-corrected chi connectivity index (χ2v) is 7.35. The van der Waals surface area contributed by atoms with Crippen LogP contribution in [0.25, 0.3) is 0 Å². The Hall–Kier alpha value is -2.16. The smallest absolute Gasteiger partial charge is 0.251 e. The van der Waals surface area contributed by atoms with Crippen LogP contribution in [0.5, 0.6) is 5.75 Å². The van der Waals surface area contributed by atoms with Crippen LogP contribution in [0.15, 0.2) is 42.5 Å². The number of rotatable bonds is 5. The molecule has 0 radical (unpaired) electrons. The number of hydrogen-bond acceptors (Lipinski definition) is 6. The number of aliphatic hydroxyl groups excluding tert-OH is 3. The van der Waals surface area contributed by atoms with E-state index in [1.165, 1.54) is 7.05 Å². The Morgan fingerprint density at radius 2 is 1.79 bits per heavy atom. The molecule has 5 atom stereocenters. The Bertz CT molecular complexity index is 859. The Balaban J connectivity index is 1.87. The fourth-order valence-corrected chi connectivity index (χ4v) is 3.57. The highest BCUT2D eigenvalue weighted by Crippen LogP contribution is 2.34. The van der Waals surface area contributed by atoms with Gasteiger partial charge in [0, 0.05) is 12.1 Å². The van der Waals surface area contributed by atoms with Gasteiger partial charge in [-0.25, -0.2) is 0 Å². The van der Waals surface area contributed by atoms with Crippen LogP contribution >= 0.6 is 11.6 Å². The minimum Gasteiger partial charge on any atom is -0.497 e. The normalized spacial score (nSPS) is 26.8. The van der Waals surface area contributed by atoms with Gasteiger partial charge in [-0.2, -0.15) is 0 Å². The first-order chi connectivity index (χ1) is 13.8. The lowest BCUT2D eigenvalue weighted by atomic mass is 9.89. The van der Waals surface area contributed by atoms with Crippen molar-refractivity contribution in [3.8, 4) is 5.75 Å². The van der Waals surface area contributed by atoms with Crippen molar-refractivity contribution in [1.82, 2.24) is 5.32 Å². The largest absolute Gasteiger partial charge is 0.497 e. The first-order valence-electron chi connectivity index (χ1n) is 9.18. The van der Waals surface area contributed by atoms with Gasteiger partial charge >= 0.3 is 0 Å². The Labute approximate surface area is 173 Å². The molecule has 0 spiro atoms. The average molecular weight is 422 g/mol. The molecular weight excluding hydrogens is 398 g/mol. The van der Waals surface area contributed by atoms with Gasteiger partial charge in [-0.1, -0.05) is 35.9 Å². The van der Waals surface area contributed by atoms with Crippen molar-refractivity contribution < 1.29 is 29.6 Å². The Morgan fingerprint density at radius 1 is 1.10 bits per heavy atom. The van der Waals surface area contributed by atoms with E-state index in [4.69, 9.17) is 21.1 Å². The van der Waals surface area contributed by atoms with E-state index in [1.807, 2.05) is 24.3 Å². The average Bonchev–Trinajstić information content (AvgIpc) is 2.74. The van der Waals surface area contributed by atoms with Crippen LogP contribution in [0.4, 0.5) is 0 Å². The van der Waals surface area contributed by atoms with Crippen molar-refractivity contribution >= 4 is 17.5 Å². The van der Waals surface area contributed by atoms with Gasteiger partial charge in [0.25, 0.3) is 5.91 Å². The fourth-order valence-electron chi connectivity index (χ4n) is 3.38. The van der Waals surface area contributed by atoms with Gasteiger partial charge in [0.2, 0.25) is 0 Å². The molecule has 2 aromatic rings. The predicted octanol–water partition coefficient (Wildman–Crippen LogP) is 1.21. The zero-order valence-electron chi connectivity index (χ0n) is 16.1.